The Labute approximate surface area is 149 Å². The summed E-state index contributed by atoms with van der Waals surface area (Å²) in [6.07, 6.45) is 10.6. The van der Waals surface area contributed by atoms with E-state index in [0.717, 1.165) is 24.6 Å². The van der Waals surface area contributed by atoms with Crippen molar-refractivity contribution in [3.05, 3.63) is 47.2 Å². The van der Waals surface area contributed by atoms with E-state index in [1.165, 1.54) is 12.8 Å². The zero-order valence-corrected chi connectivity index (χ0v) is 14.5. The summed E-state index contributed by atoms with van der Waals surface area (Å²) >= 11 is 0. The number of hydrogen-bond acceptors (Lipinski definition) is 6. The predicted molar refractivity (Wildman–Crippen MR) is 93.9 cm³/mol. The predicted octanol–water partition coefficient (Wildman–Crippen LogP) is 1.06. The van der Waals surface area contributed by atoms with E-state index >= 15 is 0 Å². The average molecular weight is 352 g/mol. The second kappa shape index (κ2) is 5.79. The summed E-state index contributed by atoms with van der Waals surface area (Å²) in [6, 6.07) is 1.89. The van der Waals surface area contributed by atoms with Crippen molar-refractivity contribution < 1.29 is 0 Å². The van der Waals surface area contributed by atoms with Crippen molar-refractivity contribution in [3.63, 3.8) is 0 Å². The van der Waals surface area contributed by atoms with Crippen molar-refractivity contribution in [2.75, 3.05) is 11.4 Å². The molecule has 1 saturated carbocycles. The van der Waals surface area contributed by atoms with Crippen LogP contribution < -0.4 is 10.6 Å². The third kappa shape index (κ3) is 2.42. The molecular formula is C17H20N8O. The van der Waals surface area contributed by atoms with Crippen LogP contribution in [0.25, 0.3) is 5.82 Å². The highest BCUT2D eigenvalue weighted by Gasteiger charge is 2.46. The first-order chi connectivity index (χ1) is 12.7. The van der Waals surface area contributed by atoms with E-state index in [0.29, 0.717) is 17.7 Å². The number of H-pyrrole nitrogens is 1. The van der Waals surface area contributed by atoms with Crippen LogP contribution in [-0.2, 0) is 7.05 Å². The third-order valence-corrected chi connectivity index (χ3v) is 5.49. The maximum absolute atomic E-state index is 11.9. The van der Waals surface area contributed by atoms with Gasteiger partial charge in [-0.3, -0.25) is 9.55 Å². The Bertz CT molecular complexity index is 971. The average Bonchev–Trinajstić information content (AvgIpc) is 3.07. The van der Waals surface area contributed by atoms with E-state index in [2.05, 4.69) is 25.2 Å². The van der Waals surface area contributed by atoms with Gasteiger partial charge in [0.2, 0.25) is 0 Å². The Balaban J connectivity index is 1.56. The van der Waals surface area contributed by atoms with Gasteiger partial charge in [0, 0.05) is 26.0 Å². The minimum Gasteiger partial charge on any atom is -0.345 e. The molecule has 0 bridgehead atoms. The molecule has 9 nitrogen and oxygen atoms in total. The molecule has 1 aliphatic carbocycles. The van der Waals surface area contributed by atoms with Crippen molar-refractivity contribution in [2.45, 2.75) is 25.3 Å². The Hall–Kier alpha value is -2.97. The van der Waals surface area contributed by atoms with Crippen LogP contribution in [0.15, 0.2) is 35.6 Å². The minimum atomic E-state index is -0.183. The highest BCUT2D eigenvalue weighted by atomic mass is 16.1. The molecule has 2 unspecified atom stereocenters. The molecule has 3 aromatic heterocycles. The van der Waals surface area contributed by atoms with Gasteiger partial charge in [-0.1, -0.05) is 0 Å². The van der Waals surface area contributed by atoms with Crippen molar-refractivity contribution >= 4 is 5.82 Å². The second-order valence-electron chi connectivity index (χ2n) is 7.06. The standard InChI is InChI=1S/C17H20N8O/c1-23-16(21-22-17(23)26)15-12(11-3-4-11)5-8-24(15)13-9-18-10-14(20-13)25-7-2-6-19-25/h2,6-7,9-12,15H,3-5,8H2,1H3,(H,22,26). The quantitative estimate of drug-likeness (QED) is 0.754. The minimum absolute atomic E-state index is 0.0358. The number of anilines is 1. The molecule has 2 fully saturated rings. The normalized spacial score (nSPS) is 22.9. The lowest BCUT2D eigenvalue weighted by molar-refractivity contribution is 0.405. The van der Waals surface area contributed by atoms with Gasteiger partial charge in [-0.05, 0) is 37.2 Å². The van der Waals surface area contributed by atoms with Gasteiger partial charge >= 0.3 is 5.69 Å². The molecular weight excluding hydrogens is 332 g/mol. The molecule has 26 heavy (non-hydrogen) atoms. The molecule has 1 N–H and O–H groups in total. The summed E-state index contributed by atoms with van der Waals surface area (Å²) in [5.74, 6) is 3.44. The van der Waals surface area contributed by atoms with Crippen LogP contribution in [0.3, 0.4) is 0 Å². The van der Waals surface area contributed by atoms with Gasteiger partial charge in [0.1, 0.15) is 5.82 Å². The Morgan fingerprint density at radius 1 is 1.19 bits per heavy atom. The molecule has 1 saturated heterocycles. The van der Waals surface area contributed by atoms with Crippen LogP contribution in [-0.4, -0.2) is 41.1 Å². The van der Waals surface area contributed by atoms with Crippen LogP contribution in [0.5, 0.6) is 0 Å². The zero-order valence-electron chi connectivity index (χ0n) is 14.5. The Morgan fingerprint density at radius 3 is 2.73 bits per heavy atom. The first kappa shape index (κ1) is 15.3. The number of rotatable bonds is 4. The van der Waals surface area contributed by atoms with Gasteiger partial charge in [-0.25, -0.2) is 19.6 Å². The smallest absolute Gasteiger partial charge is 0.343 e. The summed E-state index contributed by atoms with van der Waals surface area (Å²) < 4.78 is 3.31. The van der Waals surface area contributed by atoms with Crippen molar-refractivity contribution in [1.82, 2.24) is 34.5 Å². The fourth-order valence-corrected chi connectivity index (χ4v) is 4.04. The molecule has 5 rings (SSSR count). The first-order valence-electron chi connectivity index (χ1n) is 8.92. The fraction of sp³-hybridized carbons (Fsp3) is 0.471. The Kier molecular flexibility index (Phi) is 3.41. The van der Waals surface area contributed by atoms with E-state index < -0.39 is 0 Å². The van der Waals surface area contributed by atoms with Crippen LogP contribution in [0, 0.1) is 11.8 Å². The summed E-state index contributed by atoms with van der Waals surface area (Å²) in [4.78, 5) is 23.3. The number of nitrogens with one attached hydrogen (secondary N) is 1. The van der Waals surface area contributed by atoms with E-state index in [1.54, 1.807) is 34.9 Å². The first-order valence-corrected chi connectivity index (χ1v) is 8.92. The van der Waals surface area contributed by atoms with Gasteiger partial charge in [0.15, 0.2) is 11.6 Å². The SMILES string of the molecule is Cn1c(C2C(C3CC3)CCN2c2cncc(-n3cccn3)n2)n[nH]c1=O. The number of aromatic nitrogens is 7. The maximum atomic E-state index is 11.9. The van der Waals surface area contributed by atoms with Crippen molar-refractivity contribution in [2.24, 2.45) is 18.9 Å². The number of nitrogens with zero attached hydrogens (tertiary/aromatic N) is 7. The largest absolute Gasteiger partial charge is 0.345 e. The van der Waals surface area contributed by atoms with Crippen LogP contribution in [0.2, 0.25) is 0 Å². The third-order valence-electron chi connectivity index (χ3n) is 5.49. The monoisotopic (exact) mass is 352 g/mol. The number of hydrogen-bond donors (Lipinski definition) is 1. The maximum Gasteiger partial charge on any atom is 0.343 e. The van der Waals surface area contributed by atoms with Gasteiger partial charge < -0.3 is 4.90 Å². The van der Waals surface area contributed by atoms with Crippen LogP contribution in [0.4, 0.5) is 5.82 Å². The van der Waals surface area contributed by atoms with Gasteiger partial charge in [0.25, 0.3) is 0 Å². The molecule has 0 spiro atoms. The molecule has 0 amide bonds. The molecule has 0 radical (unpaired) electrons. The lowest BCUT2D eigenvalue weighted by Crippen LogP contribution is -2.30. The summed E-state index contributed by atoms with van der Waals surface area (Å²) in [5, 5.41) is 11.1. The number of aromatic amines is 1. The Morgan fingerprint density at radius 2 is 2.04 bits per heavy atom. The zero-order chi connectivity index (χ0) is 17.7. The fourth-order valence-electron chi connectivity index (χ4n) is 4.04. The molecule has 134 valence electrons. The molecule has 2 atom stereocenters. The van der Waals surface area contributed by atoms with E-state index in [4.69, 9.17) is 4.98 Å². The van der Waals surface area contributed by atoms with E-state index in [-0.39, 0.29) is 11.7 Å². The molecule has 0 aromatic carbocycles. The second-order valence-corrected chi connectivity index (χ2v) is 7.06. The summed E-state index contributed by atoms with van der Waals surface area (Å²) in [7, 11) is 1.77. The van der Waals surface area contributed by atoms with E-state index in [9.17, 15) is 4.79 Å². The highest BCUT2D eigenvalue weighted by Crippen LogP contribution is 2.50. The van der Waals surface area contributed by atoms with Gasteiger partial charge in [-0.15, -0.1) is 0 Å². The topological polar surface area (TPSA) is 97.5 Å². The van der Waals surface area contributed by atoms with Crippen molar-refractivity contribution in [1.29, 1.82) is 0 Å². The van der Waals surface area contributed by atoms with E-state index in [1.807, 2.05) is 12.3 Å². The molecule has 3 aromatic rings. The molecule has 2 aliphatic rings. The highest BCUT2D eigenvalue weighted by molar-refractivity contribution is 5.43. The summed E-state index contributed by atoms with van der Waals surface area (Å²) in [6.45, 7) is 0.879. The lowest BCUT2D eigenvalue weighted by atomic mass is 9.94. The molecule has 1 aliphatic heterocycles. The van der Waals surface area contributed by atoms with Gasteiger partial charge in [0.05, 0.1) is 18.4 Å². The lowest BCUT2D eigenvalue weighted by Gasteiger charge is -2.28. The van der Waals surface area contributed by atoms with Crippen LogP contribution >= 0.6 is 0 Å². The summed E-state index contributed by atoms with van der Waals surface area (Å²) in [5.41, 5.74) is -0.183. The van der Waals surface area contributed by atoms with Crippen molar-refractivity contribution in [3.8, 4) is 5.82 Å². The molecule has 4 heterocycles. The molecule has 9 heteroatoms. The van der Waals surface area contributed by atoms with Crippen LogP contribution in [0.1, 0.15) is 31.1 Å². The van der Waals surface area contributed by atoms with Gasteiger partial charge in [-0.2, -0.15) is 10.2 Å².